The second-order valence-electron chi connectivity index (χ2n) is 4.22. The number of nitrogens with one attached hydrogen (secondary N) is 1. The molecule has 0 unspecified atom stereocenters. The van der Waals surface area contributed by atoms with Gasteiger partial charge < -0.3 is 10.3 Å². The summed E-state index contributed by atoms with van der Waals surface area (Å²) in [6.07, 6.45) is 3.10. The Hall–Kier alpha value is -2.40. The summed E-state index contributed by atoms with van der Waals surface area (Å²) in [7, 11) is 1.74. The zero-order chi connectivity index (χ0) is 13.8. The number of hydrogen-bond donors (Lipinski definition) is 2. The Kier molecular flexibility index (Phi) is 3.77. The molecule has 0 aliphatic heterocycles. The Labute approximate surface area is 112 Å². The normalized spacial score (nSPS) is 10.1. The fourth-order valence-corrected chi connectivity index (χ4v) is 1.93. The van der Waals surface area contributed by atoms with Crippen LogP contribution in [0.4, 0.5) is 11.4 Å². The molecule has 0 saturated carbocycles. The number of benzene rings is 1. The number of hydrazine groups is 1. The number of nitrogen functional groups attached to an aromatic ring is 1. The Balaban J connectivity index is 2.37. The third kappa shape index (κ3) is 2.56. The molecule has 1 heterocycles. The average molecular weight is 256 g/mol. The Morgan fingerprint density at radius 2 is 2.05 bits per heavy atom. The van der Waals surface area contributed by atoms with E-state index in [1.165, 1.54) is 6.20 Å². The zero-order valence-corrected chi connectivity index (χ0v) is 10.9. The number of pyridine rings is 1. The van der Waals surface area contributed by atoms with Gasteiger partial charge in [0, 0.05) is 18.9 Å². The number of aromatic nitrogens is 1. The molecule has 0 aliphatic rings. The average Bonchev–Trinajstić information content (AvgIpc) is 2.46. The minimum absolute atomic E-state index is 0.135. The van der Waals surface area contributed by atoms with Crippen LogP contribution in [0.2, 0.25) is 0 Å². The van der Waals surface area contributed by atoms with Crippen molar-refractivity contribution in [3.8, 4) is 0 Å². The number of carbonyl (C=O) groups is 1. The second kappa shape index (κ2) is 5.49. The zero-order valence-electron chi connectivity index (χ0n) is 10.9. The van der Waals surface area contributed by atoms with Crippen molar-refractivity contribution < 1.29 is 4.79 Å². The molecule has 98 valence electrons. The minimum atomic E-state index is -0.135. The van der Waals surface area contributed by atoms with Crippen LogP contribution in [0.5, 0.6) is 0 Å². The van der Waals surface area contributed by atoms with Crippen LogP contribution in [-0.2, 0) is 0 Å². The molecular formula is C14H16N4O. The van der Waals surface area contributed by atoms with E-state index in [4.69, 9.17) is 5.84 Å². The van der Waals surface area contributed by atoms with E-state index in [2.05, 4.69) is 10.4 Å². The van der Waals surface area contributed by atoms with Gasteiger partial charge in [-0.2, -0.15) is 0 Å². The number of nitrogens with two attached hydrogens (primary N) is 1. The lowest BCUT2D eigenvalue weighted by molar-refractivity contribution is 0.0993. The fourth-order valence-electron chi connectivity index (χ4n) is 1.93. The van der Waals surface area contributed by atoms with Gasteiger partial charge in [0.1, 0.15) is 0 Å². The lowest BCUT2D eigenvalue weighted by atomic mass is 10.1. The van der Waals surface area contributed by atoms with Crippen molar-refractivity contribution in [2.45, 2.75) is 6.92 Å². The summed E-state index contributed by atoms with van der Waals surface area (Å²) in [6, 6.07) is 9.36. The van der Waals surface area contributed by atoms with Gasteiger partial charge in [0.05, 0.1) is 17.4 Å². The van der Waals surface area contributed by atoms with Crippen LogP contribution in [0.25, 0.3) is 0 Å². The molecule has 5 nitrogen and oxygen atoms in total. The molecule has 0 radical (unpaired) electrons. The molecule has 0 saturated heterocycles. The van der Waals surface area contributed by atoms with Crippen molar-refractivity contribution in [2.24, 2.45) is 5.84 Å². The van der Waals surface area contributed by atoms with Gasteiger partial charge in [-0.3, -0.25) is 15.6 Å². The summed E-state index contributed by atoms with van der Waals surface area (Å²) < 4.78 is 0. The summed E-state index contributed by atoms with van der Waals surface area (Å²) in [6.45, 7) is 1.97. The number of carbonyl (C=O) groups excluding carboxylic acids is 1. The molecule has 2 rings (SSSR count). The molecule has 0 bridgehead atoms. The van der Waals surface area contributed by atoms with Gasteiger partial charge in [-0.1, -0.05) is 18.2 Å². The topological polar surface area (TPSA) is 71.2 Å². The van der Waals surface area contributed by atoms with Gasteiger partial charge >= 0.3 is 0 Å². The molecule has 0 aliphatic carbocycles. The van der Waals surface area contributed by atoms with E-state index in [0.717, 1.165) is 11.3 Å². The van der Waals surface area contributed by atoms with Crippen LogP contribution in [0, 0.1) is 6.92 Å². The summed E-state index contributed by atoms with van der Waals surface area (Å²) in [5.74, 6) is 5.26. The lowest BCUT2D eigenvalue weighted by Crippen LogP contribution is -2.28. The first-order valence-electron chi connectivity index (χ1n) is 5.89. The van der Waals surface area contributed by atoms with Crippen molar-refractivity contribution in [1.82, 2.24) is 4.98 Å². The number of anilines is 2. The highest BCUT2D eigenvalue weighted by Crippen LogP contribution is 2.22. The van der Waals surface area contributed by atoms with Gasteiger partial charge in [-0.15, -0.1) is 0 Å². The van der Waals surface area contributed by atoms with Gasteiger partial charge in [0.2, 0.25) is 0 Å². The van der Waals surface area contributed by atoms with Crippen LogP contribution in [-0.4, -0.2) is 17.9 Å². The molecule has 2 aromatic rings. The first-order chi connectivity index (χ1) is 9.15. The van der Waals surface area contributed by atoms with Gasteiger partial charge in [0.15, 0.2) is 0 Å². The van der Waals surface area contributed by atoms with Crippen LogP contribution in [0.3, 0.4) is 0 Å². The van der Waals surface area contributed by atoms with Gasteiger partial charge in [-0.05, 0) is 24.6 Å². The van der Waals surface area contributed by atoms with Gasteiger partial charge in [-0.25, -0.2) is 0 Å². The van der Waals surface area contributed by atoms with Crippen LogP contribution in [0.15, 0.2) is 42.7 Å². The molecule has 5 heteroatoms. The third-order valence-electron chi connectivity index (χ3n) is 2.99. The second-order valence-corrected chi connectivity index (χ2v) is 4.22. The minimum Gasteiger partial charge on any atom is -0.322 e. The summed E-state index contributed by atoms with van der Waals surface area (Å²) in [4.78, 5) is 18.0. The largest absolute Gasteiger partial charge is 0.322 e. The highest BCUT2D eigenvalue weighted by atomic mass is 16.2. The maximum Gasteiger partial charge on any atom is 0.260 e. The van der Waals surface area contributed by atoms with E-state index in [9.17, 15) is 4.79 Å². The number of amides is 1. The summed E-state index contributed by atoms with van der Waals surface area (Å²) in [5.41, 5.74) is 5.39. The SMILES string of the molecule is Cc1ccccc1N(C)C(=O)c1ccncc1NN. The molecule has 0 fully saturated rings. The van der Waals surface area contributed by atoms with E-state index >= 15 is 0 Å². The maximum atomic E-state index is 12.5. The predicted molar refractivity (Wildman–Crippen MR) is 76.0 cm³/mol. The molecule has 3 N–H and O–H groups in total. The van der Waals surface area contributed by atoms with E-state index in [-0.39, 0.29) is 5.91 Å². The summed E-state index contributed by atoms with van der Waals surface area (Å²) >= 11 is 0. The van der Waals surface area contributed by atoms with Crippen molar-refractivity contribution in [2.75, 3.05) is 17.4 Å². The maximum absolute atomic E-state index is 12.5. The fraction of sp³-hybridized carbons (Fsp3) is 0.143. The molecular weight excluding hydrogens is 240 g/mol. The van der Waals surface area contributed by atoms with Crippen molar-refractivity contribution >= 4 is 17.3 Å². The molecule has 1 amide bonds. The van der Waals surface area contributed by atoms with Crippen molar-refractivity contribution in [3.05, 3.63) is 53.9 Å². The third-order valence-corrected chi connectivity index (χ3v) is 2.99. The monoisotopic (exact) mass is 256 g/mol. The molecule has 1 aromatic carbocycles. The number of aryl methyl sites for hydroxylation is 1. The predicted octanol–water partition coefficient (Wildman–Crippen LogP) is 1.95. The first-order valence-corrected chi connectivity index (χ1v) is 5.89. The molecule has 1 aromatic heterocycles. The number of para-hydroxylation sites is 1. The number of nitrogens with zero attached hydrogens (tertiary/aromatic N) is 2. The van der Waals surface area contributed by atoms with Crippen LogP contribution < -0.4 is 16.2 Å². The Morgan fingerprint density at radius 1 is 1.32 bits per heavy atom. The molecule has 0 atom stereocenters. The highest BCUT2D eigenvalue weighted by Gasteiger charge is 2.17. The standard InChI is InChI=1S/C14H16N4O/c1-10-5-3-4-6-13(10)18(2)14(19)11-7-8-16-9-12(11)17-15/h3-9,17H,15H2,1-2H3. The van der Waals surface area contributed by atoms with E-state index < -0.39 is 0 Å². The van der Waals surface area contributed by atoms with Crippen molar-refractivity contribution in [1.29, 1.82) is 0 Å². The number of rotatable bonds is 3. The van der Waals surface area contributed by atoms with Crippen molar-refractivity contribution in [3.63, 3.8) is 0 Å². The first kappa shape index (κ1) is 13.0. The quantitative estimate of drug-likeness (QED) is 0.650. The van der Waals surface area contributed by atoms with E-state index in [1.807, 2.05) is 31.2 Å². The summed E-state index contributed by atoms with van der Waals surface area (Å²) in [5, 5.41) is 0. The Bertz CT molecular complexity index is 598. The van der Waals surface area contributed by atoms with Gasteiger partial charge in [0.25, 0.3) is 5.91 Å². The molecule has 19 heavy (non-hydrogen) atoms. The Morgan fingerprint density at radius 3 is 2.74 bits per heavy atom. The molecule has 0 spiro atoms. The van der Waals surface area contributed by atoms with Crippen LogP contribution in [0.1, 0.15) is 15.9 Å². The van der Waals surface area contributed by atoms with E-state index in [1.54, 1.807) is 24.2 Å². The van der Waals surface area contributed by atoms with Crippen LogP contribution >= 0.6 is 0 Å². The number of hydrogen-bond acceptors (Lipinski definition) is 4. The lowest BCUT2D eigenvalue weighted by Gasteiger charge is -2.20. The smallest absolute Gasteiger partial charge is 0.260 e. The van der Waals surface area contributed by atoms with E-state index in [0.29, 0.717) is 11.3 Å². The highest BCUT2D eigenvalue weighted by molar-refractivity contribution is 6.09.